The molecule has 0 aromatic heterocycles. The van der Waals surface area contributed by atoms with Crippen molar-refractivity contribution >= 4 is 12.1 Å². The van der Waals surface area contributed by atoms with Crippen LogP contribution in [0.2, 0.25) is 0 Å². The number of amidine groups is 1. The average molecular weight is 392 g/mol. The lowest BCUT2D eigenvalue weighted by Gasteiger charge is -2.14. The third kappa shape index (κ3) is 3.53. The van der Waals surface area contributed by atoms with Gasteiger partial charge in [0.25, 0.3) is 0 Å². The van der Waals surface area contributed by atoms with Gasteiger partial charge in [-0.1, -0.05) is 31.0 Å². The number of aliphatic imine (C=N–C) groups is 2. The third-order valence-electron chi connectivity index (χ3n) is 5.43. The molecule has 1 N–H and O–H groups in total. The van der Waals surface area contributed by atoms with Gasteiger partial charge in [0.15, 0.2) is 5.70 Å². The van der Waals surface area contributed by atoms with E-state index in [1.165, 1.54) is 42.0 Å². The summed E-state index contributed by atoms with van der Waals surface area (Å²) in [6.07, 6.45) is 11.0. The molecule has 142 valence electrons. The molecule has 3 aliphatic rings. The van der Waals surface area contributed by atoms with Gasteiger partial charge in [-0.25, -0.2) is 4.90 Å². The van der Waals surface area contributed by atoms with Crippen molar-refractivity contribution in [1.29, 1.82) is 0 Å². The number of nitrogens with one attached hydrogen (secondary N) is 1. The summed E-state index contributed by atoms with van der Waals surface area (Å²) in [6.45, 7) is 0. The van der Waals surface area contributed by atoms with Crippen LogP contribution < -0.4 is 22.0 Å². The van der Waals surface area contributed by atoms with E-state index in [4.69, 9.17) is 9.73 Å². The summed E-state index contributed by atoms with van der Waals surface area (Å²) in [5.41, 5.74) is 3.56. The summed E-state index contributed by atoms with van der Waals surface area (Å²) in [5.74, 6) is 3.31. The molecule has 0 bridgehead atoms. The molecule has 2 heterocycles. The molecule has 1 saturated carbocycles. The first kappa shape index (κ1) is 18.7. The maximum atomic E-state index is 5.91. The first-order valence-electron chi connectivity index (χ1n) is 9.62. The minimum absolute atomic E-state index is 0. The van der Waals surface area contributed by atoms with Gasteiger partial charge in [0.1, 0.15) is 23.4 Å². The Morgan fingerprint density at radius 2 is 1.61 bits per heavy atom. The Bertz CT molecular complexity index is 955. The topological polar surface area (TPSA) is 38.4 Å². The molecule has 0 spiro atoms. The number of halogens is 1. The van der Waals surface area contributed by atoms with E-state index in [-0.39, 0.29) is 12.4 Å². The van der Waals surface area contributed by atoms with Crippen molar-refractivity contribution < 1.29 is 22.0 Å². The van der Waals surface area contributed by atoms with Crippen LogP contribution in [0.3, 0.4) is 0 Å². The highest BCUT2D eigenvalue weighted by molar-refractivity contribution is 5.98. The number of rotatable bonds is 4. The van der Waals surface area contributed by atoms with E-state index >= 15 is 0 Å². The second kappa shape index (κ2) is 8.13. The molecule has 2 aromatic rings. The fourth-order valence-corrected chi connectivity index (χ4v) is 4.08. The number of fused-ring (bicyclic) bond motifs is 1. The smallest absolute Gasteiger partial charge is 0.243 e. The number of nitrogens with zero attached hydrogens (tertiary/aromatic N) is 2. The Balaban J connectivity index is 0.00000192. The molecule has 2 aromatic carbocycles. The summed E-state index contributed by atoms with van der Waals surface area (Å²) >= 11 is 0. The van der Waals surface area contributed by atoms with Gasteiger partial charge in [0.05, 0.1) is 18.0 Å². The highest BCUT2D eigenvalue weighted by Gasteiger charge is 2.36. The minimum atomic E-state index is 0. The molecule has 4 nitrogen and oxygen atoms in total. The molecular weight excluding hydrogens is 370 g/mol. The second-order valence-electron chi connectivity index (χ2n) is 7.19. The molecule has 28 heavy (non-hydrogen) atoms. The van der Waals surface area contributed by atoms with Gasteiger partial charge in [-0.2, -0.15) is 4.99 Å². The zero-order valence-corrected chi connectivity index (χ0v) is 16.3. The van der Waals surface area contributed by atoms with Crippen LogP contribution in [-0.2, 0) is 0 Å². The van der Waals surface area contributed by atoms with Crippen molar-refractivity contribution in [2.24, 2.45) is 15.9 Å². The highest BCUT2D eigenvalue weighted by atomic mass is 35.5. The summed E-state index contributed by atoms with van der Waals surface area (Å²) in [7, 11) is 0. The number of benzene rings is 2. The molecule has 1 atom stereocenters. The summed E-state index contributed by atoms with van der Waals surface area (Å²) in [5, 5.41) is 0. The minimum Gasteiger partial charge on any atom is -1.00 e. The van der Waals surface area contributed by atoms with E-state index in [0.717, 1.165) is 22.9 Å². The van der Waals surface area contributed by atoms with Crippen molar-refractivity contribution in [2.75, 3.05) is 0 Å². The molecule has 5 heteroatoms. The number of ether oxygens (including phenoxy) is 1. The molecule has 5 rings (SSSR count). The molecule has 0 radical (unpaired) electrons. The lowest BCUT2D eigenvalue weighted by atomic mass is 10.0. The fraction of sp³-hybridized carbons (Fsp3) is 0.217. The Labute approximate surface area is 171 Å². The van der Waals surface area contributed by atoms with E-state index in [9.17, 15) is 0 Å². The quantitative estimate of drug-likeness (QED) is 0.832. The molecule has 2 aliphatic heterocycles. The third-order valence-corrected chi connectivity index (χ3v) is 5.43. The van der Waals surface area contributed by atoms with Gasteiger partial charge in [-0.15, -0.1) is 0 Å². The molecule has 0 amide bonds. The van der Waals surface area contributed by atoms with E-state index in [2.05, 4.69) is 23.3 Å². The van der Waals surface area contributed by atoms with Crippen molar-refractivity contribution in [2.45, 2.75) is 25.7 Å². The molecule has 1 fully saturated rings. The lowest BCUT2D eigenvalue weighted by Crippen LogP contribution is -3.08. The Morgan fingerprint density at radius 1 is 0.893 bits per heavy atom. The average Bonchev–Trinajstić information content (AvgIpc) is 3.37. The maximum Gasteiger partial charge on any atom is 0.243 e. The van der Waals surface area contributed by atoms with Gasteiger partial charge in [0, 0.05) is 5.92 Å². The van der Waals surface area contributed by atoms with Crippen LogP contribution in [0.4, 0.5) is 0 Å². The SMILES string of the molecule is C1=C[NH+]2C(c3ccc(Oc4ccccc4)cc3)=NC(C3CCCC3)=C2C=N1.[Cl-]. The summed E-state index contributed by atoms with van der Waals surface area (Å²) in [6, 6.07) is 18.1. The summed E-state index contributed by atoms with van der Waals surface area (Å²) in [4.78, 5) is 10.6. The predicted molar refractivity (Wildman–Crippen MR) is 107 cm³/mol. The van der Waals surface area contributed by atoms with Gasteiger partial charge >= 0.3 is 0 Å². The monoisotopic (exact) mass is 391 g/mol. The molecule has 1 aliphatic carbocycles. The summed E-state index contributed by atoms with van der Waals surface area (Å²) < 4.78 is 5.91. The van der Waals surface area contributed by atoms with Crippen molar-refractivity contribution in [3.05, 3.63) is 84.0 Å². The van der Waals surface area contributed by atoms with Crippen LogP contribution in [0.15, 0.2) is 88.4 Å². The van der Waals surface area contributed by atoms with Gasteiger partial charge < -0.3 is 17.1 Å². The van der Waals surface area contributed by atoms with E-state index < -0.39 is 0 Å². The first-order chi connectivity index (χ1) is 13.4. The van der Waals surface area contributed by atoms with Gasteiger partial charge in [-0.3, -0.25) is 4.99 Å². The number of hydrogen-bond donors (Lipinski definition) is 1. The predicted octanol–water partition coefficient (Wildman–Crippen LogP) is 1.09. The van der Waals surface area contributed by atoms with Crippen LogP contribution in [0, 0.1) is 5.92 Å². The zero-order valence-electron chi connectivity index (χ0n) is 15.5. The number of quaternary nitrogens is 1. The normalized spacial score (nSPS) is 20.7. The molecule has 0 saturated heterocycles. The van der Waals surface area contributed by atoms with Crippen LogP contribution in [-0.4, -0.2) is 12.1 Å². The standard InChI is InChI=1S/C23H21N3O.ClH/c1-2-8-19(9-3-1)27-20-12-10-18(11-13-20)23-25-22(17-6-4-5-7-17)21-16-24-14-15-26(21)23;/h1-3,8-17H,4-7H2;1H. The van der Waals surface area contributed by atoms with Crippen molar-refractivity contribution in [3.8, 4) is 11.5 Å². The van der Waals surface area contributed by atoms with Crippen LogP contribution in [0.5, 0.6) is 11.5 Å². The Morgan fingerprint density at radius 3 is 2.36 bits per heavy atom. The Hall–Kier alpha value is -2.69. The maximum absolute atomic E-state index is 5.91. The number of hydrogen-bond acceptors (Lipinski definition) is 3. The van der Waals surface area contributed by atoms with Crippen LogP contribution >= 0.6 is 0 Å². The molecular formula is C23H22ClN3O. The molecule has 1 unspecified atom stereocenters. The fourth-order valence-electron chi connectivity index (χ4n) is 4.08. The van der Waals surface area contributed by atoms with Crippen molar-refractivity contribution in [3.63, 3.8) is 0 Å². The van der Waals surface area contributed by atoms with Gasteiger partial charge in [0.2, 0.25) is 5.84 Å². The Kier molecular flexibility index (Phi) is 5.42. The van der Waals surface area contributed by atoms with Crippen LogP contribution in [0.1, 0.15) is 31.2 Å². The lowest BCUT2D eigenvalue weighted by molar-refractivity contribution is -0.689. The number of para-hydroxylation sites is 1. The van der Waals surface area contributed by atoms with Crippen LogP contribution in [0.25, 0.3) is 0 Å². The highest BCUT2D eigenvalue weighted by Crippen LogP contribution is 2.34. The van der Waals surface area contributed by atoms with E-state index in [1.54, 1.807) is 0 Å². The number of allylic oxidation sites excluding steroid dienone is 2. The largest absolute Gasteiger partial charge is 1.00 e. The second-order valence-corrected chi connectivity index (χ2v) is 7.19. The van der Waals surface area contributed by atoms with Gasteiger partial charge in [-0.05, 0) is 49.2 Å². The van der Waals surface area contributed by atoms with E-state index in [0.29, 0.717) is 5.92 Å². The zero-order chi connectivity index (χ0) is 18.1. The van der Waals surface area contributed by atoms with Crippen molar-refractivity contribution in [1.82, 2.24) is 0 Å². The first-order valence-corrected chi connectivity index (χ1v) is 9.62. The van der Waals surface area contributed by atoms with E-state index in [1.807, 2.05) is 54.9 Å².